The van der Waals surface area contributed by atoms with Crippen molar-refractivity contribution in [1.29, 1.82) is 0 Å². The Labute approximate surface area is 132 Å². The smallest absolute Gasteiger partial charge is 0.307 e. The van der Waals surface area contributed by atoms with Crippen molar-refractivity contribution in [3.63, 3.8) is 0 Å². The summed E-state index contributed by atoms with van der Waals surface area (Å²) in [6.07, 6.45) is 0.451. The van der Waals surface area contributed by atoms with Crippen molar-refractivity contribution in [2.24, 2.45) is 11.8 Å². The van der Waals surface area contributed by atoms with E-state index in [2.05, 4.69) is 10.2 Å². The first-order valence-electron chi connectivity index (χ1n) is 7.64. The highest BCUT2D eigenvalue weighted by Gasteiger charge is 2.50. The van der Waals surface area contributed by atoms with Gasteiger partial charge in [0.1, 0.15) is 0 Å². The predicted molar refractivity (Wildman–Crippen MR) is 80.1 cm³/mol. The average molecular weight is 312 g/mol. The molecule has 23 heavy (non-hydrogen) atoms. The summed E-state index contributed by atoms with van der Waals surface area (Å²) in [7, 11) is 0. The monoisotopic (exact) mass is 312 g/mol. The number of carbonyl (C=O) groups is 2. The molecule has 2 aromatic rings. The number of fused-ring (bicyclic) bond motifs is 1. The second-order valence-corrected chi connectivity index (χ2v) is 6.00. The van der Waals surface area contributed by atoms with Crippen LogP contribution in [0.5, 0.6) is 0 Å². The zero-order valence-corrected chi connectivity index (χ0v) is 12.4. The van der Waals surface area contributed by atoms with Crippen LogP contribution in [-0.4, -0.2) is 43.2 Å². The number of nitrogens with zero attached hydrogens (tertiary/aromatic N) is 4. The summed E-state index contributed by atoms with van der Waals surface area (Å²) in [5.74, 6) is -0.279. The second kappa shape index (κ2) is 5.19. The van der Waals surface area contributed by atoms with E-state index >= 15 is 0 Å². The number of hydrogen-bond acceptors (Lipinski definition) is 4. The van der Waals surface area contributed by atoms with Crippen LogP contribution in [0.25, 0.3) is 11.4 Å². The molecular formula is C16H16N4O3. The van der Waals surface area contributed by atoms with Gasteiger partial charge in [-0.25, -0.2) is 0 Å². The number of aromatic nitrogens is 3. The Bertz CT molecular complexity index is 771. The molecule has 1 N–H and O–H groups in total. The maximum atomic E-state index is 12.4. The molecule has 0 radical (unpaired) electrons. The fourth-order valence-electron chi connectivity index (χ4n) is 3.12. The first-order chi connectivity index (χ1) is 11.1. The highest BCUT2D eigenvalue weighted by molar-refractivity contribution is 5.89. The van der Waals surface area contributed by atoms with E-state index < -0.39 is 11.9 Å². The third kappa shape index (κ3) is 2.38. The van der Waals surface area contributed by atoms with Crippen LogP contribution in [0.3, 0.4) is 0 Å². The number of benzene rings is 1. The van der Waals surface area contributed by atoms with Crippen molar-refractivity contribution in [2.45, 2.75) is 19.5 Å². The summed E-state index contributed by atoms with van der Waals surface area (Å²) in [6.45, 7) is 1.58. The maximum Gasteiger partial charge on any atom is 0.307 e. The van der Waals surface area contributed by atoms with Crippen LogP contribution < -0.4 is 0 Å². The lowest BCUT2D eigenvalue weighted by molar-refractivity contribution is -0.142. The van der Waals surface area contributed by atoms with Gasteiger partial charge in [0, 0.05) is 18.7 Å². The molecule has 4 rings (SSSR count). The van der Waals surface area contributed by atoms with Gasteiger partial charge in [-0.1, -0.05) is 30.3 Å². The average Bonchev–Trinajstić information content (AvgIpc) is 3.27. The predicted octanol–water partition coefficient (Wildman–Crippen LogP) is 1.01. The molecule has 1 aromatic heterocycles. The van der Waals surface area contributed by atoms with Gasteiger partial charge in [0.15, 0.2) is 11.6 Å². The zero-order valence-electron chi connectivity index (χ0n) is 12.4. The Kier molecular flexibility index (Phi) is 3.14. The van der Waals surface area contributed by atoms with Crippen molar-refractivity contribution in [3.05, 3.63) is 36.2 Å². The summed E-state index contributed by atoms with van der Waals surface area (Å²) >= 11 is 0. The van der Waals surface area contributed by atoms with Crippen LogP contribution in [0.1, 0.15) is 12.2 Å². The van der Waals surface area contributed by atoms with Crippen LogP contribution >= 0.6 is 0 Å². The standard InChI is InChI=1S/C16H16N4O3/c21-15(11-8-12(11)16(22)23)19-6-7-20-13(9-19)17-18-14(20)10-4-2-1-3-5-10/h1-5,11-12H,6-9H2,(H,22,23). The summed E-state index contributed by atoms with van der Waals surface area (Å²) in [6, 6.07) is 9.82. The molecule has 1 amide bonds. The Balaban J connectivity index is 1.52. The number of hydrogen-bond donors (Lipinski definition) is 1. The Morgan fingerprint density at radius 2 is 1.87 bits per heavy atom. The molecule has 0 saturated heterocycles. The maximum absolute atomic E-state index is 12.4. The molecule has 2 aliphatic rings. The van der Waals surface area contributed by atoms with Crippen LogP contribution in [0.2, 0.25) is 0 Å². The lowest BCUT2D eigenvalue weighted by Crippen LogP contribution is -2.39. The zero-order chi connectivity index (χ0) is 16.0. The number of rotatable bonds is 3. The molecule has 7 nitrogen and oxygen atoms in total. The third-order valence-corrected chi connectivity index (χ3v) is 4.52. The van der Waals surface area contributed by atoms with Gasteiger partial charge < -0.3 is 14.6 Å². The second-order valence-electron chi connectivity index (χ2n) is 6.00. The Hall–Kier alpha value is -2.70. The highest BCUT2D eigenvalue weighted by Crippen LogP contribution is 2.40. The van der Waals surface area contributed by atoms with Gasteiger partial charge in [-0.3, -0.25) is 9.59 Å². The van der Waals surface area contributed by atoms with E-state index in [0.717, 1.165) is 17.2 Å². The van der Waals surface area contributed by atoms with Crippen molar-refractivity contribution in [2.75, 3.05) is 6.54 Å². The molecule has 118 valence electrons. The van der Waals surface area contributed by atoms with Gasteiger partial charge in [-0.2, -0.15) is 0 Å². The lowest BCUT2D eigenvalue weighted by atomic mass is 10.2. The largest absolute Gasteiger partial charge is 0.481 e. The van der Waals surface area contributed by atoms with Crippen LogP contribution in [0.15, 0.2) is 30.3 Å². The fraction of sp³-hybridized carbons (Fsp3) is 0.375. The summed E-state index contributed by atoms with van der Waals surface area (Å²) in [5.41, 5.74) is 0.999. The molecule has 2 heterocycles. The third-order valence-electron chi connectivity index (χ3n) is 4.52. The number of aliphatic carboxylic acids is 1. The number of carboxylic acid groups (broad SMARTS) is 1. The topological polar surface area (TPSA) is 88.3 Å². The molecule has 1 aromatic carbocycles. The van der Waals surface area contributed by atoms with E-state index in [-0.39, 0.29) is 11.8 Å². The minimum Gasteiger partial charge on any atom is -0.481 e. The van der Waals surface area contributed by atoms with Crippen LogP contribution in [0.4, 0.5) is 0 Å². The van der Waals surface area contributed by atoms with Crippen molar-refractivity contribution in [3.8, 4) is 11.4 Å². The van der Waals surface area contributed by atoms with Crippen molar-refractivity contribution in [1.82, 2.24) is 19.7 Å². The SMILES string of the molecule is O=C(O)C1CC1C(=O)N1CCn2c(nnc2-c2ccccc2)C1. The quantitative estimate of drug-likeness (QED) is 0.913. The van der Waals surface area contributed by atoms with E-state index in [0.29, 0.717) is 26.1 Å². The first-order valence-corrected chi connectivity index (χ1v) is 7.64. The molecule has 0 bridgehead atoms. The number of amides is 1. The van der Waals surface area contributed by atoms with E-state index in [9.17, 15) is 9.59 Å². The molecular weight excluding hydrogens is 296 g/mol. The van der Waals surface area contributed by atoms with Gasteiger partial charge in [0.25, 0.3) is 0 Å². The molecule has 1 saturated carbocycles. The number of carbonyl (C=O) groups excluding carboxylic acids is 1. The summed E-state index contributed by atoms with van der Waals surface area (Å²) in [4.78, 5) is 25.0. The Morgan fingerprint density at radius 3 is 2.57 bits per heavy atom. The number of carboxylic acids is 1. The van der Waals surface area contributed by atoms with Gasteiger partial charge in [0.05, 0.1) is 18.4 Å². The van der Waals surface area contributed by atoms with E-state index in [4.69, 9.17) is 5.11 Å². The van der Waals surface area contributed by atoms with Crippen LogP contribution in [0, 0.1) is 11.8 Å². The molecule has 0 spiro atoms. The molecule has 1 aliphatic heterocycles. The molecule has 1 aliphatic carbocycles. The van der Waals surface area contributed by atoms with Crippen molar-refractivity contribution >= 4 is 11.9 Å². The summed E-state index contributed by atoms with van der Waals surface area (Å²) < 4.78 is 2.03. The minimum atomic E-state index is -0.880. The summed E-state index contributed by atoms with van der Waals surface area (Å²) in [5, 5.41) is 17.4. The molecule has 2 unspecified atom stereocenters. The Morgan fingerprint density at radius 1 is 1.09 bits per heavy atom. The lowest BCUT2D eigenvalue weighted by Gasteiger charge is -2.28. The van der Waals surface area contributed by atoms with E-state index in [1.165, 1.54) is 0 Å². The van der Waals surface area contributed by atoms with Crippen LogP contribution in [-0.2, 0) is 22.7 Å². The fourth-order valence-corrected chi connectivity index (χ4v) is 3.12. The first kappa shape index (κ1) is 13.9. The highest BCUT2D eigenvalue weighted by atomic mass is 16.4. The van der Waals surface area contributed by atoms with E-state index in [1.807, 2.05) is 34.9 Å². The normalized spacial score (nSPS) is 22.5. The molecule has 2 atom stereocenters. The molecule has 1 fully saturated rings. The van der Waals surface area contributed by atoms with Crippen molar-refractivity contribution < 1.29 is 14.7 Å². The van der Waals surface area contributed by atoms with E-state index in [1.54, 1.807) is 4.90 Å². The van der Waals surface area contributed by atoms with Gasteiger partial charge in [0.2, 0.25) is 5.91 Å². The van der Waals surface area contributed by atoms with Gasteiger partial charge in [-0.05, 0) is 6.42 Å². The van der Waals surface area contributed by atoms with Gasteiger partial charge in [-0.15, -0.1) is 10.2 Å². The molecule has 7 heteroatoms. The van der Waals surface area contributed by atoms with Gasteiger partial charge >= 0.3 is 5.97 Å². The minimum absolute atomic E-state index is 0.0760.